The predicted octanol–water partition coefficient (Wildman–Crippen LogP) is 2.04. The molecule has 1 unspecified atom stereocenters. The number of carbonyl (C=O) groups is 1. The van der Waals surface area contributed by atoms with Crippen LogP contribution in [0, 0.1) is 5.92 Å². The van der Waals surface area contributed by atoms with E-state index in [1.165, 1.54) is 6.33 Å². The van der Waals surface area contributed by atoms with Gasteiger partial charge in [-0.15, -0.1) is 0 Å². The van der Waals surface area contributed by atoms with Crippen molar-refractivity contribution >= 4 is 11.8 Å². The Morgan fingerprint density at radius 2 is 2.35 bits per heavy atom. The summed E-state index contributed by atoms with van der Waals surface area (Å²) in [6.07, 6.45) is 6.32. The first-order chi connectivity index (χ1) is 9.74. The highest BCUT2D eigenvalue weighted by molar-refractivity contribution is 5.71. The minimum absolute atomic E-state index is 0.323. The van der Waals surface area contributed by atoms with Crippen LogP contribution in [-0.2, 0) is 4.79 Å². The topological polar surface area (TPSA) is 79.5 Å². The maximum Gasteiger partial charge on any atom is 0.308 e. The van der Waals surface area contributed by atoms with E-state index in [9.17, 15) is 4.79 Å². The number of carboxylic acid groups (broad SMARTS) is 1. The lowest BCUT2D eigenvalue weighted by molar-refractivity contribution is -0.141. The average molecular weight is 273 g/mol. The molecule has 0 radical (unpaired) electrons. The molecule has 0 spiro atoms. The molecular formula is C14H15N3O3. The maximum absolute atomic E-state index is 11.1. The molecule has 0 aliphatic carbocycles. The Hall–Kier alpha value is -2.37. The first-order valence-electron chi connectivity index (χ1n) is 6.56. The van der Waals surface area contributed by atoms with Gasteiger partial charge in [0.1, 0.15) is 12.1 Å². The summed E-state index contributed by atoms with van der Waals surface area (Å²) in [6, 6.07) is 3.71. The molecule has 1 fully saturated rings. The van der Waals surface area contributed by atoms with E-state index in [0.29, 0.717) is 6.54 Å². The highest BCUT2D eigenvalue weighted by Crippen LogP contribution is 2.25. The number of nitrogens with zero attached hydrogens (tertiary/aromatic N) is 3. The van der Waals surface area contributed by atoms with Crippen LogP contribution in [0.4, 0.5) is 5.82 Å². The number of anilines is 1. The van der Waals surface area contributed by atoms with Gasteiger partial charge in [0.05, 0.1) is 24.1 Å². The third kappa shape index (κ3) is 2.49. The van der Waals surface area contributed by atoms with Gasteiger partial charge in [-0.3, -0.25) is 4.79 Å². The summed E-state index contributed by atoms with van der Waals surface area (Å²) < 4.78 is 5.05. The number of hydrogen-bond acceptors (Lipinski definition) is 5. The largest absolute Gasteiger partial charge is 0.481 e. The molecule has 1 N–H and O–H groups in total. The van der Waals surface area contributed by atoms with Crippen molar-refractivity contribution in [3.8, 4) is 11.3 Å². The highest BCUT2D eigenvalue weighted by Gasteiger charge is 2.26. The fourth-order valence-corrected chi connectivity index (χ4v) is 2.47. The summed E-state index contributed by atoms with van der Waals surface area (Å²) in [6.45, 7) is 1.32. The monoisotopic (exact) mass is 273 g/mol. The molecule has 0 bridgehead atoms. The molecule has 6 heteroatoms. The smallest absolute Gasteiger partial charge is 0.308 e. The predicted molar refractivity (Wildman–Crippen MR) is 72.3 cm³/mol. The molecule has 104 valence electrons. The Morgan fingerprint density at radius 1 is 1.45 bits per heavy atom. The lowest BCUT2D eigenvalue weighted by Crippen LogP contribution is -2.39. The Kier molecular flexibility index (Phi) is 3.37. The highest BCUT2D eigenvalue weighted by atomic mass is 16.4. The number of hydrogen-bond donors (Lipinski definition) is 1. The van der Waals surface area contributed by atoms with Crippen LogP contribution in [0.5, 0.6) is 0 Å². The Balaban J connectivity index is 1.83. The zero-order valence-corrected chi connectivity index (χ0v) is 10.9. The van der Waals surface area contributed by atoms with E-state index in [2.05, 4.69) is 9.97 Å². The number of aliphatic carboxylic acids is 1. The Bertz CT molecular complexity index is 597. The molecule has 1 atom stereocenters. The normalized spacial score (nSPS) is 19.0. The molecular weight excluding hydrogens is 258 g/mol. The van der Waals surface area contributed by atoms with Crippen molar-refractivity contribution < 1.29 is 14.3 Å². The summed E-state index contributed by atoms with van der Waals surface area (Å²) in [5, 5.41) is 9.14. The van der Waals surface area contributed by atoms with Crippen LogP contribution in [0.15, 0.2) is 35.4 Å². The molecule has 1 aliphatic rings. The third-order valence-corrected chi connectivity index (χ3v) is 3.56. The summed E-state index contributed by atoms with van der Waals surface area (Å²) in [7, 11) is 0. The summed E-state index contributed by atoms with van der Waals surface area (Å²) in [5.74, 6) is -0.294. The van der Waals surface area contributed by atoms with Gasteiger partial charge in [0.25, 0.3) is 0 Å². The Labute approximate surface area is 116 Å². The lowest BCUT2D eigenvalue weighted by Gasteiger charge is -2.31. The standard InChI is InChI=1S/C14H15N3O3/c18-14(19)10-2-1-4-17(7-10)13-6-12(15-9-16-13)11-3-5-20-8-11/h3,5-6,8-10H,1-2,4,7H2,(H,18,19). The van der Waals surface area contributed by atoms with Crippen molar-refractivity contribution in [3.63, 3.8) is 0 Å². The van der Waals surface area contributed by atoms with Gasteiger partial charge in [0.2, 0.25) is 0 Å². The first-order valence-corrected chi connectivity index (χ1v) is 6.56. The van der Waals surface area contributed by atoms with Gasteiger partial charge in [-0.05, 0) is 18.9 Å². The van der Waals surface area contributed by atoms with Gasteiger partial charge in [0.15, 0.2) is 0 Å². The minimum atomic E-state index is -0.737. The van der Waals surface area contributed by atoms with Crippen molar-refractivity contribution in [2.75, 3.05) is 18.0 Å². The number of furan rings is 1. The van der Waals surface area contributed by atoms with E-state index in [0.717, 1.165) is 36.5 Å². The Morgan fingerprint density at radius 3 is 3.10 bits per heavy atom. The van der Waals surface area contributed by atoms with Crippen LogP contribution >= 0.6 is 0 Å². The van der Waals surface area contributed by atoms with Crippen LogP contribution in [0.3, 0.4) is 0 Å². The fourth-order valence-electron chi connectivity index (χ4n) is 2.47. The van der Waals surface area contributed by atoms with Crippen molar-refractivity contribution in [1.82, 2.24) is 9.97 Å². The van der Waals surface area contributed by atoms with Crippen molar-refractivity contribution in [3.05, 3.63) is 31.0 Å². The summed E-state index contributed by atoms with van der Waals surface area (Å²) >= 11 is 0. The van der Waals surface area contributed by atoms with Gasteiger partial charge in [0, 0.05) is 24.7 Å². The van der Waals surface area contributed by atoms with Crippen LogP contribution in [-0.4, -0.2) is 34.1 Å². The second kappa shape index (κ2) is 5.32. The van der Waals surface area contributed by atoms with E-state index in [1.807, 2.05) is 17.0 Å². The zero-order chi connectivity index (χ0) is 13.9. The van der Waals surface area contributed by atoms with E-state index >= 15 is 0 Å². The molecule has 0 aromatic carbocycles. The minimum Gasteiger partial charge on any atom is -0.481 e. The molecule has 2 aromatic rings. The second-order valence-electron chi connectivity index (χ2n) is 4.90. The van der Waals surface area contributed by atoms with Crippen LogP contribution in [0.2, 0.25) is 0 Å². The SMILES string of the molecule is O=C(O)C1CCCN(c2cc(-c3ccoc3)ncn2)C1. The maximum atomic E-state index is 11.1. The first kappa shape index (κ1) is 12.7. The van der Waals surface area contributed by atoms with Gasteiger partial charge in [-0.1, -0.05) is 0 Å². The third-order valence-electron chi connectivity index (χ3n) is 3.56. The summed E-state index contributed by atoms with van der Waals surface area (Å²) in [4.78, 5) is 21.6. The lowest BCUT2D eigenvalue weighted by atomic mass is 9.98. The molecule has 3 rings (SSSR count). The van der Waals surface area contributed by atoms with Gasteiger partial charge in [-0.25, -0.2) is 9.97 Å². The number of carboxylic acids is 1. The van der Waals surface area contributed by atoms with E-state index in [1.54, 1.807) is 12.5 Å². The van der Waals surface area contributed by atoms with E-state index in [-0.39, 0.29) is 5.92 Å². The number of piperidine rings is 1. The van der Waals surface area contributed by atoms with Crippen molar-refractivity contribution in [2.45, 2.75) is 12.8 Å². The molecule has 2 aromatic heterocycles. The number of rotatable bonds is 3. The second-order valence-corrected chi connectivity index (χ2v) is 4.90. The summed E-state index contributed by atoms with van der Waals surface area (Å²) in [5.41, 5.74) is 1.67. The molecule has 0 amide bonds. The quantitative estimate of drug-likeness (QED) is 0.921. The van der Waals surface area contributed by atoms with E-state index < -0.39 is 5.97 Å². The fraction of sp³-hybridized carbons (Fsp3) is 0.357. The van der Waals surface area contributed by atoms with Gasteiger partial charge in [-0.2, -0.15) is 0 Å². The number of aromatic nitrogens is 2. The molecule has 3 heterocycles. The van der Waals surface area contributed by atoms with Crippen LogP contribution in [0.25, 0.3) is 11.3 Å². The zero-order valence-electron chi connectivity index (χ0n) is 10.9. The molecule has 20 heavy (non-hydrogen) atoms. The van der Waals surface area contributed by atoms with Gasteiger partial charge >= 0.3 is 5.97 Å². The van der Waals surface area contributed by atoms with Gasteiger partial charge < -0.3 is 14.4 Å². The molecule has 1 aliphatic heterocycles. The van der Waals surface area contributed by atoms with Crippen molar-refractivity contribution in [2.24, 2.45) is 5.92 Å². The molecule has 6 nitrogen and oxygen atoms in total. The van der Waals surface area contributed by atoms with Crippen molar-refractivity contribution in [1.29, 1.82) is 0 Å². The average Bonchev–Trinajstić information content (AvgIpc) is 3.02. The van der Waals surface area contributed by atoms with Crippen LogP contribution < -0.4 is 4.90 Å². The molecule has 0 saturated carbocycles. The van der Waals surface area contributed by atoms with Crippen LogP contribution in [0.1, 0.15) is 12.8 Å². The van der Waals surface area contributed by atoms with E-state index in [4.69, 9.17) is 9.52 Å². The molecule has 1 saturated heterocycles.